The Bertz CT molecular complexity index is 1150. The van der Waals surface area contributed by atoms with Crippen molar-refractivity contribution in [1.29, 1.82) is 0 Å². The predicted octanol–water partition coefficient (Wildman–Crippen LogP) is 4.68. The highest BCUT2D eigenvalue weighted by molar-refractivity contribution is 9.10. The molecule has 4 rings (SSSR count). The number of halogens is 2. The molecule has 4 aromatic rings. The summed E-state index contributed by atoms with van der Waals surface area (Å²) in [6, 6.07) is 18.6. The van der Waals surface area contributed by atoms with E-state index in [1.54, 1.807) is 29.2 Å². The molecule has 1 N–H and O–H groups in total. The Kier molecular flexibility index (Phi) is 5.69. The number of hydrogen-bond acceptors (Lipinski definition) is 4. The Hall–Kier alpha value is -3.03. The molecule has 0 fully saturated rings. The number of hydrogen-bond donors (Lipinski definition) is 1. The summed E-state index contributed by atoms with van der Waals surface area (Å²) in [4.78, 5) is 17.1. The fraction of sp³-hybridized carbons (Fsp3) is 0.0476. The van der Waals surface area contributed by atoms with Gasteiger partial charge < -0.3 is 5.32 Å². The molecule has 0 spiro atoms. The van der Waals surface area contributed by atoms with Gasteiger partial charge in [0.25, 0.3) is 5.91 Å². The third-order valence-electron chi connectivity index (χ3n) is 4.27. The third kappa shape index (κ3) is 4.21. The summed E-state index contributed by atoms with van der Waals surface area (Å²) in [6.07, 6.45) is 3.33. The molecule has 0 aliphatic rings. The first-order chi connectivity index (χ1) is 14.1. The number of aromatic nitrogens is 4. The van der Waals surface area contributed by atoms with Crippen LogP contribution in [0.5, 0.6) is 0 Å². The summed E-state index contributed by atoms with van der Waals surface area (Å²) < 4.78 is 2.54. The van der Waals surface area contributed by atoms with Crippen LogP contribution in [0.3, 0.4) is 0 Å². The number of para-hydroxylation sites is 1. The first-order valence-corrected chi connectivity index (χ1v) is 9.94. The van der Waals surface area contributed by atoms with Gasteiger partial charge in [-0.25, -0.2) is 4.68 Å². The van der Waals surface area contributed by atoms with Crippen molar-refractivity contribution >= 4 is 33.4 Å². The van der Waals surface area contributed by atoms with E-state index in [0.717, 1.165) is 10.0 Å². The average molecular weight is 469 g/mol. The second-order valence-electron chi connectivity index (χ2n) is 6.20. The highest BCUT2D eigenvalue weighted by Crippen LogP contribution is 2.28. The van der Waals surface area contributed by atoms with Crippen LogP contribution in [0.25, 0.3) is 16.9 Å². The molecule has 6 nitrogen and oxygen atoms in total. The van der Waals surface area contributed by atoms with Crippen molar-refractivity contribution in [3.8, 4) is 16.9 Å². The summed E-state index contributed by atoms with van der Waals surface area (Å²) in [5, 5.41) is 11.7. The fourth-order valence-electron chi connectivity index (χ4n) is 2.86. The molecular formula is C21H15BrClN5O. The molecule has 2 aromatic heterocycles. The lowest BCUT2D eigenvalue weighted by Gasteiger charge is -2.10. The zero-order valence-corrected chi connectivity index (χ0v) is 17.4. The molecule has 2 heterocycles. The SMILES string of the molecule is O=C(NCc1ccc(Br)cc1)c1nnn(-c2ccccc2Cl)c1-c1cccnc1. The minimum Gasteiger partial charge on any atom is -0.346 e. The Morgan fingerprint density at radius 3 is 2.59 bits per heavy atom. The van der Waals surface area contributed by atoms with Crippen molar-refractivity contribution in [2.75, 3.05) is 0 Å². The lowest BCUT2D eigenvalue weighted by atomic mass is 10.1. The van der Waals surface area contributed by atoms with Crippen molar-refractivity contribution < 1.29 is 4.79 Å². The van der Waals surface area contributed by atoms with Gasteiger partial charge in [0.1, 0.15) is 5.69 Å². The van der Waals surface area contributed by atoms with Crippen LogP contribution < -0.4 is 5.32 Å². The Labute approximate surface area is 180 Å². The van der Waals surface area contributed by atoms with Crippen molar-refractivity contribution in [2.24, 2.45) is 0 Å². The van der Waals surface area contributed by atoms with Crippen LogP contribution in [0.4, 0.5) is 0 Å². The van der Waals surface area contributed by atoms with Crippen LogP contribution in [0, 0.1) is 0 Å². The van der Waals surface area contributed by atoms with E-state index in [-0.39, 0.29) is 11.6 Å². The molecule has 0 saturated carbocycles. The van der Waals surface area contributed by atoms with Gasteiger partial charge in [-0.2, -0.15) is 0 Å². The lowest BCUT2D eigenvalue weighted by Crippen LogP contribution is -2.24. The zero-order chi connectivity index (χ0) is 20.2. The van der Waals surface area contributed by atoms with Gasteiger partial charge in [0.2, 0.25) is 0 Å². The Balaban J connectivity index is 1.70. The summed E-state index contributed by atoms with van der Waals surface area (Å²) in [5.41, 5.74) is 3.05. The molecule has 0 bridgehead atoms. The summed E-state index contributed by atoms with van der Waals surface area (Å²) >= 11 is 9.76. The van der Waals surface area contributed by atoms with Crippen LogP contribution in [0.15, 0.2) is 77.5 Å². The van der Waals surface area contributed by atoms with E-state index in [1.165, 1.54) is 0 Å². The van der Waals surface area contributed by atoms with Crippen LogP contribution in [-0.2, 0) is 6.54 Å². The highest BCUT2D eigenvalue weighted by atomic mass is 79.9. The number of amides is 1. The monoisotopic (exact) mass is 467 g/mol. The van der Waals surface area contributed by atoms with Crippen LogP contribution in [-0.4, -0.2) is 25.9 Å². The maximum atomic E-state index is 12.9. The maximum absolute atomic E-state index is 12.9. The molecule has 0 radical (unpaired) electrons. The molecular weight excluding hydrogens is 454 g/mol. The molecule has 2 aromatic carbocycles. The van der Waals surface area contributed by atoms with Crippen molar-refractivity contribution in [1.82, 2.24) is 25.3 Å². The molecule has 0 saturated heterocycles. The molecule has 0 atom stereocenters. The van der Waals surface area contributed by atoms with E-state index in [9.17, 15) is 4.79 Å². The minimum absolute atomic E-state index is 0.204. The fourth-order valence-corrected chi connectivity index (χ4v) is 3.34. The van der Waals surface area contributed by atoms with E-state index in [0.29, 0.717) is 28.5 Å². The molecule has 0 aliphatic heterocycles. The van der Waals surface area contributed by atoms with Crippen LogP contribution in [0.2, 0.25) is 5.02 Å². The molecule has 144 valence electrons. The van der Waals surface area contributed by atoms with Gasteiger partial charge in [-0.1, -0.05) is 57.0 Å². The molecule has 8 heteroatoms. The number of nitrogens with one attached hydrogen (secondary N) is 1. The molecule has 1 amide bonds. The van der Waals surface area contributed by atoms with Crippen molar-refractivity contribution in [3.63, 3.8) is 0 Å². The smallest absolute Gasteiger partial charge is 0.274 e. The number of pyridine rings is 1. The lowest BCUT2D eigenvalue weighted by molar-refractivity contribution is 0.0946. The highest BCUT2D eigenvalue weighted by Gasteiger charge is 2.23. The normalized spacial score (nSPS) is 10.7. The third-order valence-corrected chi connectivity index (χ3v) is 5.12. The standard InChI is InChI=1S/C21H15BrClN5O/c22-16-9-7-14(8-10-16)12-25-21(29)19-20(15-4-3-11-24-13-15)28(27-26-19)18-6-2-1-5-17(18)23/h1-11,13H,12H2,(H,25,29). The first kappa shape index (κ1) is 19.3. The quantitative estimate of drug-likeness (QED) is 0.462. The van der Waals surface area contributed by atoms with Crippen LogP contribution in [0.1, 0.15) is 16.1 Å². The van der Waals surface area contributed by atoms with Gasteiger partial charge >= 0.3 is 0 Å². The second kappa shape index (κ2) is 8.55. The van der Waals surface area contributed by atoms with Gasteiger partial charge in [0.05, 0.1) is 10.7 Å². The Morgan fingerprint density at radius 1 is 1.07 bits per heavy atom. The molecule has 0 aliphatic carbocycles. The van der Waals surface area contributed by atoms with E-state index in [1.807, 2.05) is 48.5 Å². The first-order valence-electron chi connectivity index (χ1n) is 8.77. The van der Waals surface area contributed by atoms with E-state index >= 15 is 0 Å². The summed E-state index contributed by atoms with van der Waals surface area (Å²) in [6.45, 7) is 0.373. The maximum Gasteiger partial charge on any atom is 0.274 e. The van der Waals surface area contributed by atoms with Gasteiger partial charge in [0, 0.05) is 29.0 Å². The number of nitrogens with zero attached hydrogens (tertiary/aromatic N) is 4. The topological polar surface area (TPSA) is 72.7 Å². The summed E-state index contributed by atoms with van der Waals surface area (Å²) in [5.74, 6) is -0.329. The van der Waals surface area contributed by atoms with Crippen molar-refractivity contribution in [3.05, 3.63) is 93.8 Å². The van der Waals surface area contributed by atoms with Gasteiger partial charge in [-0.3, -0.25) is 9.78 Å². The minimum atomic E-state index is -0.329. The van der Waals surface area contributed by atoms with E-state index in [2.05, 4.69) is 36.5 Å². The van der Waals surface area contributed by atoms with Gasteiger partial charge in [0.15, 0.2) is 5.69 Å². The zero-order valence-electron chi connectivity index (χ0n) is 15.1. The number of rotatable bonds is 5. The second-order valence-corrected chi connectivity index (χ2v) is 7.52. The van der Waals surface area contributed by atoms with Gasteiger partial charge in [-0.05, 0) is 42.0 Å². The van der Waals surface area contributed by atoms with E-state index < -0.39 is 0 Å². The van der Waals surface area contributed by atoms with Crippen LogP contribution >= 0.6 is 27.5 Å². The Morgan fingerprint density at radius 2 is 1.86 bits per heavy atom. The predicted molar refractivity (Wildman–Crippen MR) is 115 cm³/mol. The molecule has 0 unspecified atom stereocenters. The number of benzene rings is 2. The molecule has 29 heavy (non-hydrogen) atoms. The van der Waals surface area contributed by atoms with Gasteiger partial charge in [-0.15, -0.1) is 5.10 Å². The summed E-state index contributed by atoms with van der Waals surface area (Å²) in [7, 11) is 0. The average Bonchev–Trinajstić information content (AvgIpc) is 3.19. The largest absolute Gasteiger partial charge is 0.346 e. The number of carbonyl (C=O) groups is 1. The number of carbonyl (C=O) groups excluding carboxylic acids is 1. The van der Waals surface area contributed by atoms with E-state index in [4.69, 9.17) is 11.6 Å². The van der Waals surface area contributed by atoms with Crippen molar-refractivity contribution in [2.45, 2.75) is 6.54 Å².